The molecule has 2 aromatic carbocycles. The molecule has 0 aliphatic carbocycles. The van der Waals surface area contributed by atoms with Gasteiger partial charge in [-0.2, -0.15) is 0 Å². The second kappa shape index (κ2) is 9.67. The number of nitrogens with zero attached hydrogens (tertiary/aromatic N) is 1. The second-order valence-electron chi connectivity index (χ2n) is 7.07. The predicted octanol–water partition coefficient (Wildman–Crippen LogP) is 5.64. The quantitative estimate of drug-likeness (QED) is 0.420. The lowest BCUT2D eigenvalue weighted by Gasteiger charge is -2.24. The zero-order valence-corrected chi connectivity index (χ0v) is 17.7. The van der Waals surface area contributed by atoms with Crippen LogP contribution in [0, 0.1) is 0 Å². The van der Waals surface area contributed by atoms with Crippen molar-refractivity contribution < 1.29 is 23.9 Å². The molecule has 1 heterocycles. The van der Waals surface area contributed by atoms with Crippen molar-refractivity contribution >= 4 is 17.6 Å². The summed E-state index contributed by atoms with van der Waals surface area (Å²) in [5.74, 6) is 0.952. The van der Waals surface area contributed by atoms with Crippen LogP contribution in [0.4, 0.5) is 0 Å². The third kappa shape index (κ3) is 5.33. The first-order valence-corrected chi connectivity index (χ1v) is 10.1. The number of halogens is 1. The number of aryl methyl sites for hydroxylation is 1. The number of benzene rings is 2. The molecule has 0 aliphatic heterocycles. The fourth-order valence-electron chi connectivity index (χ4n) is 2.79. The maximum Gasteiger partial charge on any atom is 0.347 e. The molecule has 0 radical (unpaired) electrons. The minimum absolute atomic E-state index is 0.362. The van der Waals surface area contributed by atoms with Crippen LogP contribution in [0.25, 0.3) is 11.3 Å². The van der Waals surface area contributed by atoms with Crippen molar-refractivity contribution in [3.05, 3.63) is 65.4 Å². The highest BCUT2D eigenvalue weighted by molar-refractivity contribution is 6.33. The average molecular weight is 430 g/mol. The minimum atomic E-state index is -1.25. The van der Waals surface area contributed by atoms with Crippen molar-refractivity contribution in [2.24, 2.45) is 0 Å². The van der Waals surface area contributed by atoms with Gasteiger partial charge >= 0.3 is 5.97 Å². The van der Waals surface area contributed by atoms with Crippen LogP contribution in [0.2, 0.25) is 5.02 Å². The fraction of sp³-hybridized carbons (Fsp3) is 0.304. The normalized spacial score (nSPS) is 12.9. The first-order chi connectivity index (χ1) is 14.4. The number of hydrogen-bond donors (Lipinski definition) is 1. The number of carboxylic acid groups (broad SMARTS) is 1. The van der Waals surface area contributed by atoms with Crippen LogP contribution in [0.5, 0.6) is 11.5 Å². The smallest absolute Gasteiger partial charge is 0.347 e. The lowest BCUT2D eigenvalue weighted by Crippen LogP contribution is -2.40. The van der Waals surface area contributed by atoms with E-state index in [0.717, 1.165) is 17.7 Å². The summed E-state index contributed by atoms with van der Waals surface area (Å²) in [4.78, 5) is 11.3. The van der Waals surface area contributed by atoms with E-state index in [2.05, 4.69) is 5.16 Å². The standard InChI is InChI=1S/C23H24ClNO5/c1-3-23(2,22(26)27)29-17-12-10-16(11-13-17)28-14-6-7-18-15-21(25-30-18)19-8-4-5-9-20(19)24/h4-5,8-13,15H,3,6-7,14H2,1-2H3,(H,26,27). The molecule has 6 nitrogen and oxygen atoms in total. The van der Waals surface area contributed by atoms with Crippen molar-refractivity contribution in [1.82, 2.24) is 5.16 Å². The van der Waals surface area contributed by atoms with Crippen LogP contribution in [0.15, 0.2) is 59.1 Å². The zero-order valence-electron chi connectivity index (χ0n) is 16.9. The van der Waals surface area contributed by atoms with E-state index in [4.69, 9.17) is 25.6 Å². The molecule has 3 rings (SSSR count). The van der Waals surface area contributed by atoms with Gasteiger partial charge < -0.3 is 19.1 Å². The summed E-state index contributed by atoms with van der Waals surface area (Å²) in [6.07, 6.45) is 1.80. The minimum Gasteiger partial charge on any atom is -0.494 e. The Labute approximate surface area is 180 Å². The molecule has 1 aromatic heterocycles. The Morgan fingerprint density at radius 1 is 1.17 bits per heavy atom. The molecule has 0 fully saturated rings. The summed E-state index contributed by atoms with van der Waals surface area (Å²) in [5, 5.41) is 14.0. The molecule has 1 unspecified atom stereocenters. The first kappa shape index (κ1) is 21.7. The van der Waals surface area contributed by atoms with E-state index in [1.807, 2.05) is 30.3 Å². The molecule has 0 bridgehead atoms. The second-order valence-corrected chi connectivity index (χ2v) is 7.48. The van der Waals surface area contributed by atoms with E-state index in [1.165, 1.54) is 0 Å². The fourth-order valence-corrected chi connectivity index (χ4v) is 3.03. The van der Waals surface area contributed by atoms with Crippen LogP contribution in [0.3, 0.4) is 0 Å². The molecule has 0 saturated heterocycles. The van der Waals surface area contributed by atoms with Gasteiger partial charge in [0, 0.05) is 18.1 Å². The molecule has 1 atom stereocenters. The number of carbonyl (C=O) groups is 1. The van der Waals surface area contributed by atoms with Gasteiger partial charge in [-0.3, -0.25) is 0 Å². The van der Waals surface area contributed by atoms with Gasteiger partial charge in [-0.15, -0.1) is 0 Å². The molecule has 0 saturated carbocycles. The molecular weight excluding hydrogens is 406 g/mol. The topological polar surface area (TPSA) is 81.8 Å². The van der Waals surface area contributed by atoms with Crippen LogP contribution < -0.4 is 9.47 Å². The number of carboxylic acids is 1. The lowest BCUT2D eigenvalue weighted by molar-refractivity contribution is -0.154. The van der Waals surface area contributed by atoms with Gasteiger partial charge in [0.15, 0.2) is 0 Å². The monoisotopic (exact) mass is 429 g/mol. The molecule has 0 amide bonds. The highest BCUT2D eigenvalue weighted by Crippen LogP contribution is 2.27. The first-order valence-electron chi connectivity index (χ1n) is 9.77. The van der Waals surface area contributed by atoms with Crippen molar-refractivity contribution in [3.8, 4) is 22.8 Å². The Morgan fingerprint density at radius 2 is 1.87 bits per heavy atom. The number of aliphatic carboxylic acids is 1. The highest BCUT2D eigenvalue weighted by Gasteiger charge is 2.33. The highest BCUT2D eigenvalue weighted by atomic mass is 35.5. The third-order valence-corrected chi connectivity index (χ3v) is 5.17. The summed E-state index contributed by atoms with van der Waals surface area (Å²) in [5.41, 5.74) is 0.310. The van der Waals surface area contributed by atoms with Gasteiger partial charge in [-0.25, -0.2) is 4.79 Å². The molecule has 158 valence electrons. The zero-order chi connectivity index (χ0) is 21.6. The van der Waals surface area contributed by atoms with Crippen LogP contribution >= 0.6 is 11.6 Å². The summed E-state index contributed by atoms with van der Waals surface area (Å²) < 4.78 is 16.7. The van der Waals surface area contributed by atoms with E-state index in [9.17, 15) is 9.90 Å². The van der Waals surface area contributed by atoms with Gasteiger partial charge in [-0.05, 0) is 50.1 Å². The Balaban J connectivity index is 1.47. The molecule has 0 spiro atoms. The number of rotatable bonds is 10. The molecular formula is C23H24ClNO5. The average Bonchev–Trinajstić information content (AvgIpc) is 3.21. The van der Waals surface area contributed by atoms with Crippen molar-refractivity contribution in [1.29, 1.82) is 0 Å². The predicted molar refractivity (Wildman–Crippen MR) is 114 cm³/mol. The number of aromatic nitrogens is 1. The third-order valence-electron chi connectivity index (χ3n) is 4.84. The maximum atomic E-state index is 11.3. The van der Waals surface area contributed by atoms with Gasteiger partial charge in [0.25, 0.3) is 0 Å². The maximum absolute atomic E-state index is 11.3. The van der Waals surface area contributed by atoms with Crippen molar-refractivity contribution in [3.63, 3.8) is 0 Å². The Hall–Kier alpha value is -2.99. The largest absolute Gasteiger partial charge is 0.494 e. The van der Waals surface area contributed by atoms with Crippen LogP contribution in [0.1, 0.15) is 32.4 Å². The van der Waals surface area contributed by atoms with Gasteiger partial charge in [0.2, 0.25) is 5.60 Å². The lowest BCUT2D eigenvalue weighted by atomic mass is 10.0. The molecule has 7 heteroatoms. The summed E-state index contributed by atoms with van der Waals surface area (Å²) >= 11 is 6.19. The Bertz CT molecular complexity index is 985. The molecule has 30 heavy (non-hydrogen) atoms. The summed E-state index contributed by atoms with van der Waals surface area (Å²) in [6.45, 7) is 3.84. The molecule has 3 aromatic rings. The van der Waals surface area contributed by atoms with Crippen LogP contribution in [-0.4, -0.2) is 28.4 Å². The van der Waals surface area contributed by atoms with E-state index in [0.29, 0.717) is 41.7 Å². The molecule has 1 N–H and O–H groups in total. The van der Waals surface area contributed by atoms with E-state index >= 15 is 0 Å². The van der Waals surface area contributed by atoms with Gasteiger partial charge in [-0.1, -0.05) is 41.9 Å². The van der Waals surface area contributed by atoms with E-state index in [1.54, 1.807) is 38.1 Å². The summed E-state index contributed by atoms with van der Waals surface area (Å²) in [7, 11) is 0. The van der Waals surface area contributed by atoms with Crippen LogP contribution in [-0.2, 0) is 11.2 Å². The van der Waals surface area contributed by atoms with Gasteiger partial charge in [0.1, 0.15) is 23.0 Å². The van der Waals surface area contributed by atoms with E-state index < -0.39 is 11.6 Å². The molecule has 0 aliphatic rings. The number of hydrogen-bond acceptors (Lipinski definition) is 5. The van der Waals surface area contributed by atoms with Crippen molar-refractivity contribution in [2.45, 2.75) is 38.7 Å². The Morgan fingerprint density at radius 3 is 2.53 bits per heavy atom. The van der Waals surface area contributed by atoms with Crippen molar-refractivity contribution in [2.75, 3.05) is 6.61 Å². The number of ether oxygens (including phenoxy) is 2. The van der Waals surface area contributed by atoms with E-state index in [-0.39, 0.29) is 0 Å². The van der Waals surface area contributed by atoms with Gasteiger partial charge in [0.05, 0.1) is 11.6 Å². The Kier molecular flexibility index (Phi) is 7.00. The summed E-state index contributed by atoms with van der Waals surface area (Å²) in [6, 6.07) is 16.3. The SMILES string of the molecule is CCC(C)(Oc1ccc(OCCCc2cc(-c3ccccc3Cl)no2)cc1)C(=O)O.